The van der Waals surface area contributed by atoms with Crippen molar-refractivity contribution in [3.63, 3.8) is 0 Å². The van der Waals surface area contributed by atoms with Crippen LogP contribution >= 0.6 is 11.8 Å². The number of rotatable bonds is 16. The Morgan fingerprint density at radius 1 is 0.426 bits per heavy atom. The number of benzene rings is 5. The van der Waals surface area contributed by atoms with E-state index in [1.54, 1.807) is 11.8 Å². The highest BCUT2D eigenvalue weighted by Crippen LogP contribution is 2.36. The molecule has 47 heavy (non-hydrogen) atoms. The smallest absolute Gasteiger partial charge is 0.133 e. The van der Waals surface area contributed by atoms with Gasteiger partial charge in [-0.15, -0.1) is 11.8 Å². The van der Waals surface area contributed by atoms with Crippen molar-refractivity contribution in [3.05, 3.63) is 179 Å². The van der Waals surface area contributed by atoms with Gasteiger partial charge in [0.15, 0.2) is 0 Å². The summed E-state index contributed by atoms with van der Waals surface area (Å²) in [6.45, 7) is 2.12. The molecule has 5 aromatic carbocycles. The standard InChI is InChI=1S/C41H42O5S/c1-6-16-32(17-7-1)26-42-30-37-38(43-27-33-18-8-2-9-19-33)39(44-28-34-20-10-3-11-21-34)40(45-29-35-22-12-4-13-23-35)41(46-37)47-31-36-24-14-5-15-25-36/h1-25,37-41H,26-31H2/t37-,38+,39+,40-,41-/m1/s1. The zero-order valence-corrected chi connectivity index (χ0v) is 27.3. The zero-order valence-electron chi connectivity index (χ0n) is 26.5. The summed E-state index contributed by atoms with van der Waals surface area (Å²) in [4.78, 5) is 0. The summed E-state index contributed by atoms with van der Waals surface area (Å²) >= 11 is 1.73. The fourth-order valence-corrected chi connectivity index (χ4v) is 6.83. The van der Waals surface area contributed by atoms with Crippen LogP contribution in [0.4, 0.5) is 0 Å². The molecule has 5 nitrogen and oxygen atoms in total. The fraction of sp³-hybridized carbons (Fsp3) is 0.268. The van der Waals surface area contributed by atoms with E-state index in [0.717, 1.165) is 28.0 Å². The van der Waals surface area contributed by atoms with Crippen LogP contribution in [-0.2, 0) is 55.9 Å². The molecule has 0 aliphatic carbocycles. The quantitative estimate of drug-likeness (QED) is 0.107. The van der Waals surface area contributed by atoms with Gasteiger partial charge in [-0.1, -0.05) is 152 Å². The lowest BCUT2D eigenvalue weighted by Crippen LogP contribution is -2.60. The number of thioether (sulfide) groups is 1. The first-order valence-electron chi connectivity index (χ1n) is 16.2. The maximum absolute atomic E-state index is 6.94. The van der Waals surface area contributed by atoms with Crippen LogP contribution in [0.3, 0.4) is 0 Å². The summed E-state index contributed by atoms with van der Waals surface area (Å²) in [6.07, 6.45) is -1.65. The van der Waals surface area contributed by atoms with E-state index in [-0.39, 0.29) is 11.5 Å². The minimum Gasteiger partial charge on any atom is -0.374 e. The summed E-state index contributed by atoms with van der Waals surface area (Å²) in [5.41, 5.74) is 5.29. The molecule has 242 valence electrons. The van der Waals surface area contributed by atoms with E-state index in [4.69, 9.17) is 23.7 Å². The maximum Gasteiger partial charge on any atom is 0.133 e. The Hall–Kier alpha value is -3.75. The first-order chi connectivity index (χ1) is 23.3. The normalized spacial score (nSPS) is 21.0. The second-order valence-corrected chi connectivity index (χ2v) is 12.7. The van der Waals surface area contributed by atoms with E-state index in [1.807, 2.05) is 78.9 Å². The maximum atomic E-state index is 6.94. The van der Waals surface area contributed by atoms with Crippen molar-refractivity contribution in [1.82, 2.24) is 0 Å². The average Bonchev–Trinajstić information content (AvgIpc) is 3.14. The van der Waals surface area contributed by atoms with E-state index >= 15 is 0 Å². The van der Waals surface area contributed by atoms with Gasteiger partial charge in [0.25, 0.3) is 0 Å². The first-order valence-corrected chi connectivity index (χ1v) is 17.3. The average molecular weight is 647 g/mol. The van der Waals surface area contributed by atoms with Crippen molar-refractivity contribution in [2.75, 3.05) is 6.61 Å². The predicted molar refractivity (Wildman–Crippen MR) is 188 cm³/mol. The molecule has 0 radical (unpaired) electrons. The molecular weight excluding hydrogens is 605 g/mol. The van der Waals surface area contributed by atoms with Gasteiger partial charge in [0, 0.05) is 5.75 Å². The van der Waals surface area contributed by atoms with Crippen LogP contribution in [0.5, 0.6) is 0 Å². The number of ether oxygens (including phenoxy) is 5. The van der Waals surface area contributed by atoms with Crippen LogP contribution in [-0.4, -0.2) is 36.5 Å². The van der Waals surface area contributed by atoms with Gasteiger partial charge >= 0.3 is 0 Å². The van der Waals surface area contributed by atoms with Gasteiger partial charge in [0.05, 0.1) is 33.0 Å². The van der Waals surface area contributed by atoms with Gasteiger partial charge in [-0.3, -0.25) is 0 Å². The minimum absolute atomic E-state index is 0.318. The molecule has 1 fully saturated rings. The van der Waals surface area contributed by atoms with Crippen LogP contribution < -0.4 is 0 Å². The Morgan fingerprint density at radius 3 is 1.28 bits per heavy atom. The third-order valence-corrected chi connectivity index (χ3v) is 9.31. The third kappa shape index (κ3) is 10.1. The molecule has 1 aliphatic rings. The Bertz CT molecular complexity index is 1560. The zero-order chi connectivity index (χ0) is 31.9. The molecule has 1 heterocycles. The molecule has 1 saturated heterocycles. The Morgan fingerprint density at radius 2 is 0.809 bits per heavy atom. The summed E-state index contributed by atoms with van der Waals surface area (Å²) in [6, 6.07) is 51.4. The molecule has 0 N–H and O–H groups in total. The van der Waals surface area contributed by atoms with Gasteiger partial charge in [-0.05, 0) is 27.8 Å². The Balaban J connectivity index is 1.29. The first kappa shape index (κ1) is 33.2. The predicted octanol–water partition coefficient (Wildman–Crippen LogP) is 8.62. The molecule has 0 aromatic heterocycles. The molecule has 6 heteroatoms. The van der Waals surface area contributed by atoms with Crippen molar-refractivity contribution >= 4 is 11.8 Å². The summed E-state index contributed by atoms with van der Waals surface area (Å²) in [7, 11) is 0. The van der Waals surface area contributed by atoms with Crippen molar-refractivity contribution in [3.8, 4) is 0 Å². The van der Waals surface area contributed by atoms with Gasteiger partial charge < -0.3 is 23.7 Å². The van der Waals surface area contributed by atoms with Crippen molar-refractivity contribution in [2.45, 2.75) is 62.0 Å². The molecule has 6 rings (SSSR count). The van der Waals surface area contributed by atoms with E-state index in [9.17, 15) is 0 Å². The SMILES string of the molecule is c1ccc(COC[C@H]2O[C@H](SCc3ccccc3)[C@H](OCc3ccccc3)[C@@H](OCc3ccccc3)[C@H]2OCc2ccccc2)cc1. The number of hydrogen-bond donors (Lipinski definition) is 0. The molecule has 1 aliphatic heterocycles. The van der Waals surface area contributed by atoms with E-state index < -0.39 is 18.3 Å². The molecule has 0 amide bonds. The van der Waals surface area contributed by atoms with Crippen molar-refractivity contribution in [2.24, 2.45) is 0 Å². The van der Waals surface area contributed by atoms with Crippen molar-refractivity contribution < 1.29 is 23.7 Å². The number of hydrogen-bond acceptors (Lipinski definition) is 6. The molecule has 0 bridgehead atoms. The lowest BCUT2D eigenvalue weighted by atomic mass is 9.98. The molecular formula is C41H42O5S. The molecule has 0 spiro atoms. The highest BCUT2D eigenvalue weighted by atomic mass is 32.2. The minimum atomic E-state index is -0.441. The highest BCUT2D eigenvalue weighted by molar-refractivity contribution is 7.99. The summed E-state index contributed by atoms with van der Waals surface area (Å²) < 4.78 is 33.6. The molecule has 5 aromatic rings. The second-order valence-electron chi connectivity index (χ2n) is 11.6. The van der Waals surface area contributed by atoms with Gasteiger partial charge in [0.2, 0.25) is 0 Å². The topological polar surface area (TPSA) is 46.2 Å². The van der Waals surface area contributed by atoms with E-state index in [0.29, 0.717) is 33.0 Å². The Kier molecular flexibility index (Phi) is 12.7. The fourth-order valence-electron chi connectivity index (χ4n) is 5.63. The lowest BCUT2D eigenvalue weighted by molar-refractivity contribution is -0.254. The molecule has 5 atom stereocenters. The monoisotopic (exact) mass is 646 g/mol. The largest absolute Gasteiger partial charge is 0.374 e. The van der Waals surface area contributed by atoms with E-state index in [1.165, 1.54) is 5.56 Å². The Labute approximate surface area is 282 Å². The van der Waals surface area contributed by atoms with Crippen LogP contribution in [0.1, 0.15) is 27.8 Å². The van der Waals surface area contributed by atoms with Crippen LogP contribution in [0.2, 0.25) is 0 Å². The van der Waals surface area contributed by atoms with Crippen LogP contribution in [0, 0.1) is 0 Å². The van der Waals surface area contributed by atoms with Gasteiger partial charge in [-0.2, -0.15) is 0 Å². The lowest BCUT2D eigenvalue weighted by Gasteiger charge is -2.46. The van der Waals surface area contributed by atoms with Crippen molar-refractivity contribution in [1.29, 1.82) is 0 Å². The summed E-state index contributed by atoms with van der Waals surface area (Å²) in [5.74, 6) is 0.773. The highest BCUT2D eigenvalue weighted by Gasteiger charge is 2.48. The van der Waals surface area contributed by atoms with Gasteiger partial charge in [-0.25, -0.2) is 0 Å². The second kappa shape index (κ2) is 18.0. The van der Waals surface area contributed by atoms with Crippen LogP contribution in [0.15, 0.2) is 152 Å². The third-order valence-electron chi connectivity index (χ3n) is 8.10. The van der Waals surface area contributed by atoms with Crippen LogP contribution in [0.25, 0.3) is 0 Å². The summed E-state index contributed by atoms with van der Waals surface area (Å²) in [5, 5.41) is 0. The molecule has 0 saturated carbocycles. The van der Waals surface area contributed by atoms with Gasteiger partial charge in [0.1, 0.15) is 29.9 Å². The molecule has 0 unspecified atom stereocenters. The van der Waals surface area contributed by atoms with E-state index in [2.05, 4.69) is 72.8 Å².